The van der Waals surface area contributed by atoms with Gasteiger partial charge in [0.2, 0.25) is 0 Å². The average Bonchev–Trinajstić information content (AvgIpc) is 2.93. The number of benzene rings is 2. The molecule has 0 aliphatic carbocycles. The quantitative estimate of drug-likeness (QED) is 0.501. The summed E-state index contributed by atoms with van der Waals surface area (Å²) in [4.78, 5) is 12.9. The molecular formula is C18H14ClNO4S2. The van der Waals surface area contributed by atoms with Gasteiger partial charge in [-0.3, -0.25) is 9.27 Å². The number of carboxylic acid groups (broad SMARTS) is 1. The molecule has 26 heavy (non-hydrogen) atoms. The van der Waals surface area contributed by atoms with Crippen LogP contribution < -0.4 is 4.72 Å². The van der Waals surface area contributed by atoms with Crippen LogP contribution in [0.15, 0.2) is 48.5 Å². The lowest BCUT2D eigenvalue weighted by Gasteiger charge is -2.06. The predicted octanol–water partition coefficient (Wildman–Crippen LogP) is 5.29. The molecule has 134 valence electrons. The predicted molar refractivity (Wildman–Crippen MR) is 106 cm³/mol. The molecule has 0 fully saturated rings. The summed E-state index contributed by atoms with van der Waals surface area (Å²) >= 11 is 4.99. The number of carbonyl (C=O) groups is 1. The molecular weight excluding hydrogens is 394 g/mol. The molecule has 1 heterocycles. The fourth-order valence-electron chi connectivity index (χ4n) is 2.69. The molecule has 8 heteroatoms. The molecule has 1 aromatic heterocycles. The minimum absolute atomic E-state index is 0.249. The second-order valence-electron chi connectivity index (χ2n) is 5.50. The molecule has 0 saturated carbocycles. The number of nitrogens with one attached hydrogen (secondary N) is 1. The molecule has 0 saturated heterocycles. The second-order valence-corrected chi connectivity index (χ2v) is 7.66. The van der Waals surface area contributed by atoms with Gasteiger partial charge < -0.3 is 5.11 Å². The second kappa shape index (κ2) is 7.59. The van der Waals surface area contributed by atoms with Crippen LogP contribution in [-0.4, -0.2) is 19.8 Å². The maximum atomic E-state index is 11.8. The van der Waals surface area contributed by atoms with E-state index in [2.05, 4.69) is 4.72 Å². The first-order chi connectivity index (χ1) is 12.4. The molecule has 1 atom stereocenters. The minimum atomic E-state index is -2.16. The van der Waals surface area contributed by atoms with Crippen molar-refractivity contribution in [2.45, 2.75) is 6.92 Å². The van der Waals surface area contributed by atoms with Crippen LogP contribution >= 0.6 is 22.9 Å². The number of anilines is 1. The monoisotopic (exact) mass is 407 g/mol. The van der Waals surface area contributed by atoms with E-state index in [-0.39, 0.29) is 4.88 Å². The van der Waals surface area contributed by atoms with Crippen LogP contribution in [0.4, 0.5) is 5.69 Å². The number of aromatic carboxylic acids is 1. The Morgan fingerprint density at radius 2 is 1.65 bits per heavy atom. The minimum Gasteiger partial charge on any atom is -0.477 e. The molecule has 5 nitrogen and oxygen atoms in total. The lowest BCUT2D eigenvalue weighted by atomic mass is 9.99. The van der Waals surface area contributed by atoms with Crippen molar-refractivity contribution in [3.63, 3.8) is 0 Å². The van der Waals surface area contributed by atoms with E-state index < -0.39 is 17.2 Å². The highest BCUT2D eigenvalue weighted by Crippen LogP contribution is 2.42. The number of hydrogen-bond acceptors (Lipinski definition) is 3. The highest BCUT2D eigenvalue weighted by molar-refractivity contribution is 7.80. The maximum absolute atomic E-state index is 11.8. The van der Waals surface area contributed by atoms with Gasteiger partial charge in [-0.1, -0.05) is 35.9 Å². The van der Waals surface area contributed by atoms with Gasteiger partial charge in [0.05, 0.1) is 0 Å². The van der Waals surface area contributed by atoms with Crippen LogP contribution in [-0.2, 0) is 11.3 Å². The van der Waals surface area contributed by atoms with Crippen LogP contribution in [0.25, 0.3) is 21.6 Å². The van der Waals surface area contributed by atoms with Crippen molar-refractivity contribution in [2.75, 3.05) is 4.72 Å². The van der Waals surface area contributed by atoms with Crippen molar-refractivity contribution in [2.24, 2.45) is 0 Å². The van der Waals surface area contributed by atoms with Gasteiger partial charge in [-0.2, -0.15) is 0 Å². The Morgan fingerprint density at radius 1 is 1.08 bits per heavy atom. The number of thiophene rings is 1. The molecule has 1 unspecified atom stereocenters. The lowest BCUT2D eigenvalue weighted by molar-refractivity contribution is 0.0703. The fraction of sp³-hybridized carbons (Fsp3) is 0.0556. The van der Waals surface area contributed by atoms with E-state index in [1.807, 2.05) is 19.1 Å². The number of halogens is 1. The Bertz CT molecular complexity index is 982. The van der Waals surface area contributed by atoms with Gasteiger partial charge in [0.1, 0.15) is 4.88 Å². The number of hydrogen-bond donors (Lipinski definition) is 3. The molecule has 0 bridgehead atoms. The highest BCUT2D eigenvalue weighted by Gasteiger charge is 2.22. The van der Waals surface area contributed by atoms with Crippen LogP contribution in [0, 0.1) is 6.92 Å². The molecule has 2 aromatic carbocycles. The van der Waals surface area contributed by atoms with Crippen molar-refractivity contribution in [3.8, 4) is 21.6 Å². The Kier molecular flexibility index (Phi) is 5.43. The first-order valence-electron chi connectivity index (χ1n) is 7.47. The summed E-state index contributed by atoms with van der Waals surface area (Å²) in [7, 11) is 0. The van der Waals surface area contributed by atoms with Gasteiger partial charge in [0.25, 0.3) is 11.3 Å². The van der Waals surface area contributed by atoms with E-state index in [0.29, 0.717) is 16.3 Å². The molecule has 0 aliphatic rings. The fourth-order valence-corrected chi connectivity index (χ4v) is 4.33. The van der Waals surface area contributed by atoms with Gasteiger partial charge in [-0.15, -0.1) is 11.3 Å². The molecule has 3 aromatic rings. The van der Waals surface area contributed by atoms with E-state index in [4.69, 9.17) is 16.2 Å². The van der Waals surface area contributed by atoms with E-state index in [9.17, 15) is 14.1 Å². The van der Waals surface area contributed by atoms with Crippen molar-refractivity contribution >= 4 is 45.9 Å². The summed E-state index contributed by atoms with van der Waals surface area (Å²) in [5, 5.41) is 10.2. The standard InChI is InChI=1S/C18H14ClNO4S2/c1-10-15(11-4-8-14(9-5-11)20-26(23)24)17(18(21)22)25-16(10)12-2-6-13(19)7-3-12/h2-9,20H,1H3,(H,21,22)(H,23,24). The maximum Gasteiger partial charge on any atom is 0.346 e. The van der Waals surface area contributed by atoms with E-state index in [0.717, 1.165) is 21.6 Å². The molecule has 0 radical (unpaired) electrons. The van der Waals surface area contributed by atoms with Crippen LogP contribution in [0.3, 0.4) is 0 Å². The summed E-state index contributed by atoms with van der Waals surface area (Å²) < 4.78 is 22.1. The molecule has 3 rings (SSSR count). The third-order valence-corrected chi connectivity index (χ3v) is 5.82. The molecule has 0 aliphatic heterocycles. The normalized spacial score (nSPS) is 12.0. The molecule has 0 amide bonds. The van der Waals surface area contributed by atoms with E-state index >= 15 is 0 Å². The average molecular weight is 408 g/mol. The summed E-state index contributed by atoms with van der Waals surface area (Å²) in [5.41, 5.74) is 3.60. The summed E-state index contributed by atoms with van der Waals surface area (Å²) in [6.07, 6.45) is 0. The highest BCUT2D eigenvalue weighted by atomic mass is 35.5. The smallest absolute Gasteiger partial charge is 0.346 e. The van der Waals surface area contributed by atoms with Crippen molar-refractivity contribution in [1.29, 1.82) is 0 Å². The van der Waals surface area contributed by atoms with Crippen molar-refractivity contribution in [3.05, 3.63) is 64.0 Å². The zero-order valence-corrected chi connectivity index (χ0v) is 15.9. The van der Waals surface area contributed by atoms with Crippen LogP contribution in [0.1, 0.15) is 15.2 Å². The summed E-state index contributed by atoms with van der Waals surface area (Å²) in [6.45, 7) is 1.89. The molecule has 0 spiro atoms. The topological polar surface area (TPSA) is 86.6 Å². The Hall–Kier alpha value is -2.19. The van der Waals surface area contributed by atoms with E-state index in [1.54, 1.807) is 36.4 Å². The first kappa shape index (κ1) is 18.6. The van der Waals surface area contributed by atoms with Crippen molar-refractivity contribution in [1.82, 2.24) is 0 Å². The van der Waals surface area contributed by atoms with Crippen LogP contribution in [0.5, 0.6) is 0 Å². The Morgan fingerprint density at radius 3 is 2.19 bits per heavy atom. The Balaban J connectivity index is 2.10. The third-order valence-electron chi connectivity index (χ3n) is 3.83. The zero-order valence-electron chi connectivity index (χ0n) is 13.5. The lowest BCUT2D eigenvalue weighted by Crippen LogP contribution is -2.01. The van der Waals surface area contributed by atoms with Gasteiger partial charge in [0, 0.05) is 21.2 Å². The number of rotatable bonds is 5. The van der Waals surface area contributed by atoms with Gasteiger partial charge in [-0.25, -0.2) is 9.00 Å². The van der Waals surface area contributed by atoms with Crippen LogP contribution in [0.2, 0.25) is 5.02 Å². The van der Waals surface area contributed by atoms with E-state index in [1.165, 1.54) is 11.3 Å². The number of carboxylic acids is 1. The van der Waals surface area contributed by atoms with Gasteiger partial charge in [0.15, 0.2) is 0 Å². The Labute approximate surface area is 161 Å². The SMILES string of the molecule is Cc1c(-c2ccc(Cl)cc2)sc(C(=O)O)c1-c1ccc(NS(=O)O)cc1. The van der Waals surface area contributed by atoms with Crippen molar-refractivity contribution < 1.29 is 18.7 Å². The summed E-state index contributed by atoms with van der Waals surface area (Å²) in [5.74, 6) is -0.994. The zero-order chi connectivity index (χ0) is 18.8. The largest absolute Gasteiger partial charge is 0.477 e. The molecule has 3 N–H and O–H groups in total. The first-order valence-corrected chi connectivity index (χ1v) is 9.77. The van der Waals surface area contributed by atoms with Gasteiger partial charge in [-0.05, 0) is 47.9 Å². The third kappa shape index (κ3) is 3.81. The summed E-state index contributed by atoms with van der Waals surface area (Å²) in [6, 6.07) is 14.0. The van der Waals surface area contributed by atoms with Gasteiger partial charge >= 0.3 is 5.97 Å².